The van der Waals surface area contributed by atoms with E-state index >= 15 is 0 Å². The van der Waals surface area contributed by atoms with Gasteiger partial charge >= 0.3 is 6.09 Å². The van der Waals surface area contributed by atoms with Gasteiger partial charge in [0.15, 0.2) is 5.96 Å². The summed E-state index contributed by atoms with van der Waals surface area (Å²) in [6, 6.07) is 6.68. The number of aryl methyl sites for hydroxylation is 1. The lowest BCUT2D eigenvalue weighted by molar-refractivity contribution is 0.0527. The first kappa shape index (κ1) is 24.7. The van der Waals surface area contributed by atoms with Gasteiger partial charge in [-0.25, -0.2) is 17.9 Å². The lowest BCUT2D eigenvalue weighted by Gasteiger charge is -2.19. The number of aliphatic imine (C=N–C) groups is 1. The second-order valence-electron chi connectivity index (χ2n) is 7.42. The normalized spacial score (nSPS) is 12.4. The SMILES string of the molecule is CN=C(NCCCNC(=O)OC(C)(C)C)NCCNS(=O)(=O)c1ccc(C)cc1. The van der Waals surface area contributed by atoms with Crippen LogP contribution in [0.3, 0.4) is 0 Å². The Morgan fingerprint density at radius 3 is 2.17 bits per heavy atom. The number of amides is 1. The number of guanidine groups is 1. The van der Waals surface area contributed by atoms with Crippen molar-refractivity contribution >= 4 is 22.1 Å². The molecule has 1 rings (SSSR count). The summed E-state index contributed by atoms with van der Waals surface area (Å²) in [7, 11) is -1.90. The summed E-state index contributed by atoms with van der Waals surface area (Å²) >= 11 is 0. The molecule has 10 heteroatoms. The van der Waals surface area contributed by atoms with E-state index in [0.29, 0.717) is 32.0 Å². The summed E-state index contributed by atoms with van der Waals surface area (Å²) in [5.74, 6) is 0.553. The molecule has 4 N–H and O–H groups in total. The molecule has 0 aliphatic rings. The van der Waals surface area contributed by atoms with Crippen molar-refractivity contribution in [3.63, 3.8) is 0 Å². The van der Waals surface area contributed by atoms with Gasteiger partial charge < -0.3 is 20.7 Å². The van der Waals surface area contributed by atoms with Crippen molar-refractivity contribution in [3.05, 3.63) is 29.8 Å². The second-order valence-corrected chi connectivity index (χ2v) is 9.19. The summed E-state index contributed by atoms with van der Waals surface area (Å²) in [6.45, 7) is 8.98. The van der Waals surface area contributed by atoms with Crippen LogP contribution in [0.5, 0.6) is 0 Å². The van der Waals surface area contributed by atoms with Gasteiger partial charge in [-0.05, 0) is 46.2 Å². The molecule has 0 bridgehead atoms. The molecule has 9 nitrogen and oxygen atoms in total. The Balaban J connectivity index is 2.23. The molecule has 0 atom stereocenters. The molecule has 164 valence electrons. The van der Waals surface area contributed by atoms with Gasteiger partial charge in [0.1, 0.15) is 5.60 Å². The van der Waals surface area contributed by atoms with Gasteiger partial charge in [0.2, 0.25) is 10.0 Å². The minimum Gasteiger partial charge on any atom is -0.444 e. The van der Waals surface area contributed by atoms with E-state index in [9.17, 15) is 13.2 Å². The molecular formula is C19H33N5O4S. The first-order valence-electron chi connectivity index (χ1n) is 9.51. The zero-order chi connectivity index (χ0) is 21.9. The maximum Gasteiger partial charge on any atom is 0.407 e. The number of rotatable bonds is 9. The summed E-state index contributed by atoms with van der Waals surface area (Å²) in [5, 5.41) is 8.81. The first-order valence-corrected chi connectivity index (χ1v) is 11.0. The highest BCUT2D eigenvalue weighted by atomic mass is 32.2. The van der Waals surface area contributed by atoms with E-state index < -0.39 is 21.7 Å². The van der Waals surface area contributed by atoms with Gasteiger partial charge in [-0.1, -0.05) is 17.7 Å². The number of nitrogens with zero attached hydrogens (tertiary/aromatic N) is 1. The van der Waals surface area contributed by atoms with Crippen molar-refractivity contribution in [2.75, 3.05) is 33.2 Å². The summed E-state index contributed by atoms with van der Waals surface area (Å²) < 4.78 is 32.1. The number of ether oxygens (including phenoxy) is 1. The van der Waals surface area contributed by atoms with Gasteiger partial charge in [0.25, 0.3) is 0 Å². The number of carbonyl (C=O) groups excluding carboxylic acids is 1. The number of nitrogens with one attached hydrogen (secondary N) is 4. The molecule has 0 aliphatic heterocycles. The van der Waals surface area contributed by atoms with E-state index in [0.717, 1.165) is 5.56 Å². The molecule has 0 aliphatic carbocycles. The van der Waals surface area contributed by atoms with E-state index in [1.165, 1.54) is 0 Å². The summed E-state index contributed by atoms with van der Waals surface area (Å²) in [6.07, 6.45) is 0.237. The largest absolute Gasteiger partial charge is 0.444 e. The number of alkyl carbamates (subject to hydrolysis) is 1. The van der Waals surface area contributed by atoms with Crippen LogP contribution in [-0.4, -0.2) is 59.3 Å². The molecule has 0 saturated heterocycles. The van der Waals surface area contributed by atoms with Crippen molar-refractivity contribution in [1.29, 1.82) is 0 Å². The number of benzene rings is 1. The number of hydrogen-bond donors (Lipinski definition) is 4. The molecule has 0 radical (unpaired) electrons. The fourth-order valence-electron chi connectivity index (χ4n) is 2.19. The minimum absolute atomic E-state index is 0.219. The van der Waals surface area contributed by atoms with E-state index in [4.69, 9.17) is 4.74 Å². The van der Waals surface area contributed by atoms with Gasteiger partial charge in [0.05, 0.1) is 4.90 Å². The molecule has 0 saturated carbocycles. The van der Waals surface area contributed by atoms with Crippen molar-refractivity contribution < 1.29 is 17.9 Å². The van der Waals surface area contributed by atoms with Crippen molar-refractivity contribution in [2.24, 2.45) is 4.99 Å². The zero-order valence-electron chi connectivity index (χ0n) is 17.8. The molecule has 0 unspecified atom stereocenters. The molecule has 0 aromatic heterocycles. The quantitative estimate of drug-likeness (QED) is 0.268. The maximum atomic E-state index is 12.2. The van der Waals surface area contributed by atoms with Crippen molar-refractivity contribution in [1.82, 2.24) is 20.7 Å². The van der Waals surface area contributed by atoms with E-state index in [1.54, 1.807) is 31.3 Å². The molecule has 1 aromatic carbocycles. The zero-order valence-corrected chi connectivity index (χ0v) is 18.6. The van der Waals surface area contributed by atoms with Gasteiger partial charge in [-0.3, -0.25) is 4.99 Å². The predicted molar refractivity (Wildman–Crippen MR) is 115 cm³/mol. The highest BCUT2D eigenvalue weighted by Gasteiger charge is 2.15. The predicted octanol–water partition coefficient (Wildman–Crippen LogP) is 1.35. The van der Waals surface area contributed by atoms with Crippen LogP contribution in [0.2, 0.25) is 0 Å². The van der Waals surface area contributed by atoms with E-state index in [1.807, 2.05) is 27.7 Å². The fraction of sp³-hybridized carbons (Fsp3) is 0.579. The maximum absolute atomic E-state index is 12.2. The molecule has 0 heterocycles. The topological polar surface area (TPSA) is 121 Å². The van der Waals surface area contributed by atoms with Crippen LogP contribution in [0.15, 0.2) is 34.2 Å². The highest BCUT2D eigenvalue weighted by molar-refractivity contribution is 7.89. The van der Waals surface area contributed by atoms with Crippen LogP contribution >= 0.6 is 0 Å². The van der Waals surface area contributed by atoms with Crippen molar-refractivity contribution in [3.8, 4) is 0 Å². The van der Waals surface area contributed by atoms with Gasteiger partial charge in [-0.2, -0.15) is 0 Å². The van der Waals surface area contributed by atoms with Crippen LogP contribution < -0.4 is 20.7 Å². The molecule has 0 spiro atoms. The van der Waals surface area contributed by atoms with Crippen LogP contribution in [-0.2, 0) is 14.8 Å². The lowest BCUT2D eigenvalue weighted by atomic mass is 10.2. The molecule has 29 heavy (non-hydrogen) atoms. The Morgan fingerprint density at radius 1 is 1.00 bits per heavy atom. The summed E-state index contributed by atoms with van der Waals surface area (Å²) in [4.78, 5) is 15.9. The van der Waals surface area contributed by atoms with Crippen LogP contribution in [0.25, 0.3) is 0 Å². The Bertz CT molecular complexity index is 771. The van der Waals surface area contributed by atoms with Gasteiger partial charge in [0, 0.05) is 33.2 Å². The highest BCUT2D eigenvalue weighted by Crippen LogP contribution is 2.09. The van der Waals surface area contributed by atoms with Crippen LogP contribution in [0.4, 0.5) is 4.79 Å². The lowest BCUT2D eigenvalue weighted by Crippen LogP contribution is -2.42. The standard InChI is InChI=1S/C19H33N5O4S/c1-15-7-9-16(10-8-15)29(26,27)24-14-13-22-17(20-5)21-11-6-12-23-18(25)28-19(2,3)4/h7-10,24H,6,11-14H2,1-5H3,(H,23,25)(H2,20,21,22). The number of hydrogen-bond acceptors (Lipinski definition) is 5. The number of carbonyl (C=O) groups is 1. The second kappa shape index (κ2) is 11.6. The first-order chi connectivity index (χ1) is 13.5. The number of sulfonamides is 1. The molecular weight excluding hydrogens is 394 g/mol. The van der Waals surface area contributed by atoms with E-state index in [2.05, 4.69) is 25.7 Å². The Morgan fingerprint density at radius 2 is 1.59 bits per heavy atom. The average molecular weight is 428 g/mol. The van der Waals surface area contributed by atoms with Crippen LogP contribution in [0, 0.1) is 6.92 Å². The smallest absolute Gasteiger partial charge is 0.407 e. The monoisotopic (exact) mass is 427 g/mol. The Kier molecular flexibility index (Phi) is 9.90. The Hall–Kier alpha value is -2.33. The third kappa shape index (κ3) is 10.7. The summed E-state index contributed by atoms with van der Waals surface area (Å²) in [5.41, 5.74) is 0.483. The molecule has 1 amide bonds. The third-order valence-corrected chi connectivity index (χ3v) is 5.06. The minimum atomic E-state index is -3.53. The van der Waals surface area contributed by atoms with Crippen LogP contribution in [0.1, 0.15) is 32.8 Å². The Labute approximate surface area is 173 Å². The molecule has 1 aromatic rings. The third-order valence-electron chi connectivity index (χ3n) is 3.58. The van der Waals surface area contributed by atoms with E-state index in [-0.39, 0.29) is 11.4 Å². The fourth-order valence-corrected chi connectivity index (χ4v) is 3.22. The van der Waals surface area contributed by atoms with Crippen molar-refractivity contribution in [2.45, 2.75) is 44.6 Å². The average Bonchev–Trinajstić information content (AvgIpc) is 2.62. The molecule has 0 fully saturated rings. The van der Waals surface area contributed by atoms with Gasteiger partial charge in [-0.15, -0.1) is 0 Å².